The van der Waals surface area contributed by atoms with E-state index in [4.69, 9.17) is 5.11 Å². The molecule has 1 aromatic carbocycles. The van der Waals surface area contributed by atoms with E-state index in [1.807, 2.05) is 0 Å². The lowest BCUT2D eigenvalue weighted by atomic mass is 10.1. The molecule has 0 spiro atoms. The first-order chi connectivity index (χ1) is 7.90. The Morgan fingerprint density at radius 1 is 1.29 bits per heavy atom. The highest BCUT2D eigenvalue weighted by molar-refractivity contribution is 5.93. The Morgan fingerprint density at radius 3 is 2.29 bits per heavy atom. The van der Waals surface area contributed by atoms with Crippen LogP contribution in [0.15, 0.2) is 12.1 Å². The van der Waals surface area contributed by atoms with Crippen LogP contribution in [0.5, 0.6) is 0 Å². The molecule has 5 heteroatoms. The van der Waals surface area contributed by atoms with Crippen LogP contribution in [0.2, 0.25) is 0 Å². The normalized spacial score (nSPS) is 10.1. The molecule has 1 aromatic rings. The van der Waals surface area contributed by atoms with Gasteiger partial charge in [-0.3, -0.25) is 9.59 Å². The Bertz CT molecular complexity index is 434. The minimum absolute atomic E-state index is 0.202. The van der Waals surface area contributed by atoms with Gasteiger partial charge in [-0.25, -0.2) is 4.39 Å². The Morgan fingerprint density at radius 2 is 1.82 bits per heavy atom. The second-order valence-corrected chi connectivity index (χ2v) is 3.89. The van der Waals surface area contributed by atoms with Crippen molar-refractivity contribution in [2.75, 3.05) is 0 Å². The van der Waals surface area contributed by atoms with E-state index in [1.165, 1.54) is 0 Å². The zero-order valence-corrected chi connectivity index (χ0v) is 9.71. The summed E-state index contributed by atoms with van der Waals surface area (Å²) < 4.78 is 13.3. The van der Waals surface area contributed by atoms with Crippen LogP contribution < -0.4 is 5.32 Å². The summed E-state index contributed by atoms with van der Waals surface area (Å²) in [7, 11) is 0. The maximum atomic E-state index is 13.3. The lowest BCUT2D eigenvalue weighted by Crippen LogP contribution is -2.25. The minimum atomic E-state index is -1.17. The van der Waals surface area contributed by atoms with Gasteiger partial charge in [-0.1, -0.05) is 12.1 Å². The van der Waals surface area contributed by atoms with Crippen LogP contribution in [-0.2, 0) is 16.1 Å². The summed E-state index contributed by atoms with van der Waals surface area (Å²) in [6, 6.07) is 3.26. The van der Waals surface area contributed by atoms with E-state index in [9.17, 15) is 14.0 Å². The number of carboxylic acid groups (broad SMARTS) is 1. The van der Waals surface area contributed by atoms with Gasteiger partial charge in [0.05, 0.1) is 0 Å². The monoisotopic (exact) mass is 239 g/mol. The van der Waals surface area contributed by atoms with E-state index >= 15 is 0 Å². The van der Waals surface area contributed by atoms with Crippen LogP contribution in [0.4, 0.5) is 4.39 Å². The summed E-state index contributed by atoms with van der Waals surface area (Å²) in [6.07, 6.45) is -0.556. The number of hydrogen-bond acceptors (Lipinski definition) is 2. The lowest BCUT2D eigenvalue weighted by molar-refractivity contribution is -0.140. The third kappa shape index (κ3) is 3.86. The molecule has 0 unspecified atom stereocenters. The topological polar surface area (TPSA) is 66.4 Å². The molecule has 0 saturated heterocycles. The average molecular weight is 239 g/mol. The molecular weight excluding hydrogens is 225 g/mol. The standard InChI is InChI=1S/C12H14FNO3/c1-7-3-9(4-8(2)12(7)13)6-14-10(15)5-11(16)17/h3-4H,5-6H2,1-2H3,(H,14,15)(H,16,17). The number of carboxylic acids is 1. The maximum Gasteiger partial charge on any atom is 0.312 e. The van der Waals surface area contributed by atoms with Crippen molar-refractivity contribution in [1.29, 1.82) is 0 Å². The molecule has 17 heavy (non-hydrogen) atoms. The van der Waals surface area contributed by atoms with Gasteiger partial charge in [0.1, 0.15) is 12.2 Å². The summed E-state index contributed by atoms with van der Waals surface area (Å²) in [5, 5.41) is 10.9. The molecule has 4 nitrogen and oxygen atoms in total. The van der Waals surface area contributed by atoms with Gasteiger partial charge < -0.3 is 10.4 Å². The van der Waals surface area contributed by atoms with Crippen molar-refractivity contribution in [3.63, 3.8) is 0 Å². The van der Waals surface area contributed by atoms with Gasteiger partial charge in [0.2, 0.25) is 5.91 Å². The number of hydrogen-bond donors (Lipinski definition) is 2. The third-order valence-electron chi connectivity index (χ3n) is 2.30. The summed E-state index contributed by atoms with van der Waals surface area (Å²) >= 11 is 0. The number of carbonyl (C=O) groups excluding carboxylic acids is 1. The molecule has 92 valence electrons. The SMILES string of the molecule is Cc1cc(CNC(=O)CC(=O)O)cc(C)c1F. The zero-order chi connectivity index (χ0) is 13.0. The quantitative estimate of drug-likeness (QED) is 0.783. The van der Waals surface area contributed by atoms with Gasteiger partial charge in [-0.15, -0.1) is 0 Å². The number of nitrogens with one attached hydrogen (secondary N) is 1. The van der Waals surface area contributed by atoms with Crippen LogP contribution in [0.25, 0.3) is 0 Å². The minimum Gasteiger partial charge on any atom is -0.481 e. The first-order valence-electron chi connectivity index (χ1n) is 5.14. The van der Waals surface area contributed by atoms with Crippen molar-refractivity contribution >= 4 is 11.9 Å². The molecule has 0 fully saturated rings. The van der Waals surface area contributed by atoms with Gasteiger partial charge in [0.15, 0.2) is 0 Å². The van der Waals surface area contributed by atoms with E-state index in [2.05, 4.69) is 5.32 Å². The second-order valence-electron chi connectivity index (χ2n) is 3.89. The van der Waals surface area contributed by atoms with E-state index in [1.54, 1.807) is 26.0 Å². The number of halogens is 1. The Kier molecular flexibility index (Phi) is 4.20. The van der Waals surface area contributed by atoms with Crippen LogP contribution in [-0.4, -0.2) is 17.0 Å². The summed E-state index contributed by atoms with van der Waals surface area (Å²) in [5.41, 5.74) is 1.76. The number of aliphatic carboxylic acids is 1. The van der Waals surface area contributed by atoms with E-state index in [0.717, 1.165) is 5.56 Å². The predicted octanol–water partition coefficient (Wildman–Crippen LogP) is 1.53. The number of benzene rings is 1. The highest BCUT2D eigenvalue weighted by Gasteiger charge is 2.08. The average Bonchev–Trinajstić information content (AvgIpc) is 2.22. The fraction of sp³-hybridized carbons (Fsp3) is 0.333. The van der Waals surface area contributed by atoms with E-state index in [-0.39, 0.29) is 12.4 Å². The molecule has 1 rings (SSSR count). The summed E-state index contributed by atoms with van der Waals surface area (Å²) in [4.78, 5) is 21.4. The molecular formula is C12H14FNO3. The van der Waals surface area contributed by atoms with Crippen molar-refractivity contribution in [2.24, 2.45) is 0 Å². The van der Waals surface area contributed by atoms with Crippen LogP contribution in [0.3, 0.4) is 0 Å². The number of rotatable bonds is 4. The Labute approximate surface area is 98.5 Å². The first kappa shape index (κ1) is 13.2. The summed E-state index contributed by atoms with van der Waals surface area (Å²) in [5.74, 6) is -1.99. The molecule has 0 heterocycles. The van der Waals surface area contributed by atoms with Gasteiger partial charge in [0, 0.05) is 6.54 Å². The van der Waals surface area contributed by atoms with Gasteiger partial charge in [-0.2, -0.15) is 0 Å². The lowest BCUT2D eigenvalue weighted by Gasteiger charge is -2.07. The van der Waals surface area contributed by atoms with Crippen LogP contribution >= 0.6 is 0 Å². The molecule has 2 N–H and O–H groups in total. The maximum absolute atomic E-state index is 13.3. The molecule has 0 bridgehead atoms. The van der Waals surface area contributed by atoms with Crippen molar-refractivity contribution < 1.29 is 19.1 Å². The summed E-state index contributed by atoms with van der Waals surface area (Å²) in [6.45, 7) is 3.49. The van der Waals surface area contributed by atoms with Gasteiger partial charge in [-0.05, 0) is 30.5 Å². The number of amides is 1. The smallest absolute Gasteiger partial charge is 0.312 e. The number of carbonyl (C=O) groups is 2. The Hall–Kier alpha value is -1.91. The molecule has 1 amide bonds. The van der Waals surface area contributed by atoms with E-state index in [0.29, 0.717) is 11.1 Å². The zero-order valence-electron chi connectivity index (χ0n) is 9.71. The molecule has 0 atom stereocenters. The molecule has 0 aliphatic carbocycles. The highest BCUT2D eigenvalue weighted by atomic mass is 19.1. The third-order valence-corrected chi connectivity index (χ3v) is 2.30. The molecule has 0 radical (unpaired) electrons. The largest absolute Gasteiger partial charge is 0.481 e. The van der Waals surface area contributed by atoms with Gasteiger partial charge >= 0.3 is 5.97 Å². The highest BCUT2D eigenvalue weighted by Crippen LogP contribution is 2.14. The van der Waals surface area contributed by atoms with Crippen molar-refractivity contribution in [3.8, 4) is 0 Å². The van der Waals surface area contributed by atoms with Gasteiger partial charge in [0.25, 0.3) is 0 Å². The van der Waals surface area contributed by atoms with Crippen molar-refractivity contribution in [2.45, 2.75) is 26.8 Å². The van der Waals surface area contributed by atoms with Crippen molar-refractivity contribution in [1.82, 2.24) is 5.32 Å². The van der Waals surface area contributed by atoms with Crippen molar-refractivity contribution in [3.05, 3.63) is 34.6 Å². The number of aryl methyl sites for hydroxylation is 2. The molecule has 0 saturated carbocycles. The first-order valence-corrected chi connectivity index (χ1v) is 5.14. The fourth-order valence-corrected chi connectivity index (χ4v) is 1.54. The molecule has 0 aromatic heterocycles. The van der Waals surface area contributed by atoms with E-state index < -0.39 is 18.3 Å². The van der Waals surface area contributed by atoms with Crippen LogP contribution in [0, 0.1) is 19.7 Å². The molecule has 0 aliphatic heterocycles. The second kappa shape index (κ2) is 5.43. The molecule has 0 aliphatic rings. The predicted molar refractivity (Wildman–Crippen MR) is 60.0 cm³/mol. The Balaban J connectivity index is 2.64. The fourth-order valence-electron chi connectivity index (χ4n) is 1.54. The van der Waals surface area contributed by atoms with Crippen LogP contribution in [0.1, 0.15) is 23.1 Å².